The van der Waals surface area contributed by atoms with Crippen molar-refractivity contribution in [2.75, 3.05) is 7.11 Å². The molecule has 66 valence electrons. The van der Waals surface area contributed by atoms with Crippen molar-refractivity contribution in [3.8, 4) is 0 Å². The zero-order chi connectivity index (χ0) is 8.43. The molecule has 0 amide bonds. The second-order valence-corrected chi connectivity index (χ2v) is 2.84. The first-order chi connectivity index (χ1) is 5.15. The van der Waals surface area contributed by atoms with Crippen LogP contribution >= 0.6 is 0 Å². The maximum absolute atomic E-state index is 9.26. The topological polar surface area (TPSA) is 58.9 Å². The van der Waals surface area contributed by atoms with E-state index in [-0.39, 0.29) is 12.2 Å². The molecule has 4 nitrogen and oxygen atoms in total. The number of hydrogen-bond acceptors (Lipinski definition) is 4. The summed E-state index contributed by atoms with van der Waals surface area (Å²) in [5, 5.41) is 18.4. The van der Waals surface area contributed by atoms with Crippen molar-refractivity contribution in [1.29, 1.82) is 0 Å². The summed E-state index contributed by atoms with van der Waals surface area (Å²) in [5.41, 5.74) is 0. The lowest BCUT2D eigenvalue weighted by atomic mass is 10.0. The van der Waals surface area contributed by atoms with E-state index >= 15 is 0 Å². The highest BCUT2D eigenvalue weighted by Gasteiger charge is 2.34. The molecule has 0 unspecified atom stereocenters. The minimum absolute atomic E-state index is 0.0571. The maximum atomic E-state index is 9.26. The lowest BCUT2D eigenvalue weighted by Crippen LogP contribution is -2.48. The molecule has 0 aromatic heterocycles. The molecule has 2 N–H and O–H groups in total. The number of ether oxygens (including phenoxy) is 2. The lowest BCUT2D eigenvalue weighted by Gasteiger charge is -2.34. The largest absolute Gasteiger partial charge is 0.385 e. The number of hydrogen-bond donors (Lipinski definition) is 2. The van der Waals surface area contributed by atoms with E-state index in [9.17, 15) is 5.11 Å². The van der Waals surface area contributed by atoms with Crippen molar-refractivity contribution in [2.45, 2.75) is 37.9 Å². The van der Waals surface area contributed by atoms with Gasteiger partial charge < -0.3 is 19.7 Å². The molecular weight excluding hydrogens is 148 g/mol. The fourth-order valence-corrected chi connectivity index (χ4v) is 1.26. The molecule has 0 saturated carbocycles. The summed E-state index contributed by atoms with van der Waals surface area (Å²) in [6.45, 7) is 1.83. The Morgan fingerprint density at radius 3 is 2.64 bits per heavy atom. The van der Waals surface area contributed by atoms with Crippen LogP contribution in [0.1, 0.15) is 13.3 Å². The van der Waals surface area contributed by atoms with Crippen LogP contribution in [-0.4, -0.2) is 41.9 Å². The first-order valence-electron chi connectivity index (χ1n) is 3.69. The molecule has 0 bridgehead atoms. The third kappa shape index (κ3) is 1.90. The van der Waals surface area contributed by atoms with Gasteiger partial charge in [0.1, 0.15) is 6.10 Å². The predicted molar refractivity (Wildman–Crippen MR) is 38.0 cm³/mol. The molecule has 0 radical (unpaired) electrons. The normalized spacial score (nSPS) is 45.8. The fraction of sp³-hybridized carbons (Fsp3) is 1.00. The van der Waals surface area contributed by atoms with E-state index in [1.165, 1.54) is 7.11 Å². The molecule has 4 atom stereocenters. The van der Waals surface area contributed by atoms with Gasteiger partial charge in [-0.2, -0.15) is 0 Å². The SMILES string of the molecule is CO[C@H]1C[C@@H](C)O[C@@H](O)[C@@H]1O. The van der Waals surface area contributed by atoms with E-state index < -0.39 is 12.4 Å². The monoisotopic (exact) mass is 162 g/mol. The van der Waals surface area contributed by atoms with Crippen molar-refractivity contribution < 1.29 is 19.7 Å². The van der Waals surface area contributed by atoms with Gasteiger partial charge in [0.15, 0.2) is 6.29 Å². The number of methoxy groups -OCH3 is 1. The van der Waals surface area contributed by atoms with E-state index in [0.29, 0.717) is 6.42 Å². The molecule has 11 heavy (non-hydrogen) atoms. The Bertz CT molecular complexity index is 128. The quantitative estimate of drug-likeness (QED) is 0.545. The third-order valence-corrected chi connectivity index (χ3v) is 1.91. The first-order valence-corrected chi connectivity index (χ1v) is 3.69. The summed E-state index contributed by atoms with van der Waals surface area (Å²) < 4.78 is 9.91. The summed E-state index contributed by atoms with van der Waals surface area (Å²) in [6.07, 6.45) is -1.78. The Balaban J connectivity index is 2.51. The van der Waals surface area contributed by atoms with E-state index in [4.69, 9.17) is 14.6 Å². The molecule has 1 heterocycles. The standard InChI is InChI=1S/C7H14O4/c1-4-3-5(10-2)6(8)7(9)11-4/h4-9H,3H2,1-2H3/t4-,5+,6-,7-/m1/s1. The van der Waals surface area contributed by atoms with Crippen LogP contribution < -0.4 is 0 Å². The average Bonchev–Trinajstić information content (AvgIpc) is 1.96. The summed E-state index contributed by atoms with van der Waals surface area (Å²) in [5.74, 6) is 0. The van der Waals surface area contributed by atoms with Crippen LogP contribution in [0.4, 0.5) is 0 Å². The lowest BCUT2D eigenvalue weighted by molar-refractivity contribution is -0.247. The van der Waals surface area contributed by atoms with Crippen LogP contribution in [0.2, 0.25) is 0 Å². The van der Waals surface area contributed by atoms with Gasteiger partial charge >= 0.3 is 0 Å². The number of aliphatic hydroxyl groups excluding tert-OH is 2. The van der Waals surface area contributed by atoms with Crippen molar-refractivity contribution in [1.82, 2.24) is 0 Å². The molecule has 1 saturated heterocycles. The maximum Gasteiger partial charge on any atom is 0.183 e. The van der Waals surface area contributed by atoms with Crippen LogP contribution in [0, 0.1) is 0 Å². The van der Waals surface area contributed by atoms with Crippen LogP contribution in [-0.2, 0) is 9.47 Å². The van der Waals surface area contributed by atoms with Crippen molar-refractivity contribution in [3.05, 3.63) is 0 Å². The molecular formula is C7H14O4. The van der Waals surface area contributed by atoms with Gasteiger partial charge in [0.25, 0.3) is 0 Å². The molecule has 0 spiro atoms. The smallest absolute Gasteiger partial charge is 0.183 e. The zero-order valence-electron chi connectivity index (χ0n) is 6.73. The fourth-order valence-electron chi connectivity index (χ4n) is 1.26. The van der Waals surface area contributed by atoms with Gasteiger partial charge in [-0.15, -0.1) is 0 Å². The Labute approximate surface area is 65.7 Å². The van der Waals surface area contributed by atoms with Gasteiger partial charge in [0.05, 0.1) is 12.2 Å². The number of aliphatic hydroxyl groups is 2. The Morgan fingerprint density at radius 2 is 2.09 bits per heavy atom. The van der Waals surface area contributed by atoms with E-state index in [1.807, 2.05) is 6.92 Å². The van der Waals surface area contributed by atoms with Gasteiger partial charge in [-0.25, -0.2) is 0 Å². The predicted octanol–water partition coefficient (Wildman–Crippen LogP) is -0.510. The summed E-state index contributed by atoms with van der Waals surface area (Å²) in [7, 11) is 1.51. The van der Waals surface area contributed by atoms with Crippen LogP contribution in [0.25, 0.3) is 0 Å². The van der Waals surface area contributed by atoms with E-state index in [2.05, 4.69) is 0 Å². The van der Waals surface area contributed by atoms with E-state index in [0.717, 1.165) is 0 Å². The Hall–Kier alpha value is -0.160. The van der Waals surface area contributed by atoms with Crippen molar-refractivity contribution >= 4 is 0 Å². The highest BCUT2D eigenvalue weighted by molar-refractivity contribution is 4.79. The first kappa shape index (κ1) is 8.93. The minimum atomic E-state index is -1.11. The highest BCUT2D eigenvalue weighted by atomic mass is 16.6. The zero-order valence-corrected chi connectivity index (χ0v) is 6.73. The van der Waals surface area contributed by atoms with E-state index in [1.54, 1.807) is 0 Å². The van der Waals surface area contributed by atoms with Gasteiger partial charge in [-0.05, 0) is 6.92 Å². The Morgan fingerprint density at radius 1 is 1.45 bits per heavy atom. The average molecular weight is 162 g/mol. The van der Waals surface area contributed by atoms with Gasteiger partial charge in [0.2, 0.25) is 0 Å². The summed E-state index contributed by atoms with van der Waals surface area (Å²) in [6, 6.07) is 0. The molecule has 0 aromatic carbocycles. The van der Waals surface area contributed by atoms with Gasteiger partial charge in [0, 0.05) is 13.5 Å². The van der Waals surface area contributed by atoms with Crippen molar-refractivity contribution in [3.63, 3.8) is 0 Å². The summed E-state index contributed by atoms with van der Waals surface area (Å²) in [4.78, 5) is 0. The van der Waals surface area contributed by atoms with Crippen LogP contribution in [0.3, 0.4) is 0 Å². The summed E-state index contributed by atoms with van der Waals surface area (Å²) >= 11 is 0. The van der Waals surface area contributed by atoms with Gasteiger partial charge in [-0.1, -0.05) is 0 Å². The molecule has 4 heteroatoms. The molecule has 1 aliphatic rings. The van der Waals surface area contributed by atoms with Gasteiger partial charge in [-0.3, -0.25) is 0 Å². The molecule has 0 aromatic rings. The minimum Gasteiger partial charge on any atom is -0.385 e. The third-order valence-electron chi connectivity index (χ3n) is 1.91. The van der Waals surface area contributed by atoms with Crippen LogP contribution in [0.15, 0.2) is 0 Å². The Kier molecular flexibility index (Phi) is 2.84. The molecule has 1 aliphatic heterocycles. The number of rotatable bonds is 1. The van der Waals surface area contributed by atoms with Crippen molar-refractivity contribution in [2.24, 2.45) is 0 Å². The second kappa shape index (κ2) is 3.49. The molecule has 0 aliphatic carbocycles. The molecule has 1 fully saturated rings. The van der Waals surface area contributed by atoms with Crippen LogP contribution in [0.5, 0.6) is 0 Å². The second-order valence-electron chi connectivity index (χ2n) is 2.84. The highest BCUT2D eigenvalue weighted by Crippen LogP contribution is 2.20. The molecule has 1 rings (SSSR count).